The summed E-state index contributed by atoms with van der Waals surface area (Å²) in [6, 6.07) is 4.90. The number of carbonyl (C=O) groups is 2. The lowest BCUT2D eigenvalue weighted by atomic mass is 10.2. The monoisotopic (exact) mass is 260 g/mol. The van der Waals surface area contributed by atoms with Gasteiger partial charge in [-0.1, -0.05) is 13.8 Å². The van der Waals surface area contributed by atoms with Crippen molar-refractivity contribution in [3.8, 4) is 6.07 Å². The molecule has 6 heteroatoms. The second-order valence-corrected chi connectivity index (χ2v) is 4.59. The molecular formula is C13H16N4O2. The zero-order valence-corrected chi connectivity index (χ0v) is 11.0. The van der Waals surface area contributed by atoms with Gasteiger partial charge in [-0.05, 0) is 18.1 Å². The Hall–Kier alpha value is -2.42. The first-order chi connectivity index (χ1) is 8.93. The van der Waals surface area contributed by atoms with E-state index in [1.54, 1.807) is 0 Å². The molecule has 6 nitrogen and oxygen atoms in total. The summed E-state index contributed by atoms with van der Waals surface area (Å²) >= 11 is 0. The molecule has 0 fully saturated rings. The number of aromatic nitrogens is 1. The number of nitriles is 1. The minimum atomic E-state index is -0.567. The molecule has 0 unspecified atom stereocenters. The third-order valence-corrected chi connectivity index (χ3v) is 2.33. The minimum absolute atomic E-state index is 0.140. The van der Waals surface area contributed by atoms with Gasteiger partial charge in [0.15, 0.2) is 0 Å². The van der Waals surface area contributed by atoms with Gasteiger partial charge in [0.05, 0.1) is 12.1 Å². The van der Waals surface area contributed by atoms with Crippen molar-refractivity contribution in [2.45, 2.75) is 13.8 Å². The van der Waals surface area contributed by atoms with Crippen LogP contribution in [-0.2, 0) is 4.79 Å². The highest BCUT2D eigenvalue weighted by Gasteiger charge is 2.19. The molecule has 100 valence electrons. The van der Waals surface area contributed by atoms with Crippen LogP contribution in [0.2, 0.25) is 0 Å². The molecule has 1 rings (SSSR count). The summed E-state index contributed by atoms with van der Waals surface area (Å²) in [6.07, 6.45) is 1.32. The normalized spacial score (nSPS) is 10.0. The summed E-state index contributed by atoms with van der Waals surface area (Å²) < 4.78 is 0. The lowest BCUT2D eigenvalue weighted by Gasteiger charge is -2.22. The smallest absolute Gasteiger partial charge is 0.272 e. The quantitative estimate of drug-likeness (QED) is 0.834. The van der Waals surface area contributed by atoms with Crippen LogP contribution in [0.25, 0.3) is 0 Å². The number of nitrogens with two attached hydrogens (primary N) is 1. The van der Waals surface area contributed by atoms with Crippen LogP contribution in [0.3, 0.4) is 0 Å². The predicted molar refractivity (Wildman–Crippen MR) is 68.9 cm³/mol. The van der Waals surface area contributed by atoms with E-state index in [1.807, 2.05) is 19.9 Å². The van der Waals surface area contributed by atoms with Gasteiger partial charge in [-0.2, -0.15) is 5.26 Å². The highest BCUT2D eigenvalue weighted by Crippen LogP contribution is 2.06. The molecule has 0 bridgehead atoms. The Balaban J connectivity index is 2.91. The van der Waals surface area contributed by atoms with Crippen molar-refractivity contribution in [3.05, 3.63) is 29.6 Å². The van der Waals surface area contributed by atoms with Gasteiger partial charge < -0.3 is 10.6 Å². The maximum Gasteiger partial charge on any atom is 0.272 e. The third-order valence-electron chi connectivity index (χ3n) is 2.33. The SMILES string of the molecule is CC(C)CN(CC(N)=O)C(=O)c1ccc(C#N)cn1. The number of nitrogens with zero attached hydrogens (tertiary/aromatic N) is 3. The van der Waals surface area contributed by atoms with Crippen LogP contribution >= 0.6 is 0 Å². The molecular weight excluding hydrogens is 244 g/mol. The predicted octanol–water partition coefficient (Wildman–Crippen LogP) is 0.537. The van der Waals surface area contributed by atoms with Crippen molar-refractivity contribution in [2.75, 3.05) is 13.1 Å². The topological polar surface area (TPSA) is 100 Å². The molecule has 0 aliphatic heterocycles. The van der Waals surface area contributed by atoms with E-state index in [0.717, 1.165) is 0 Å². The van der Waals surface area contributed by atoms with E-state index >= 15 is 0 Å². The average Bonchev–Trinajstić information content (AvgIpc) is 2.36. The van der Waals surface area contributed by atoms with Crippen molar-refractivity contribution in [1.82, 2.24) is 9.88 Å². The standard InChI is InChI=1S/C13H16N4O2/c1-9(2)7-17(8-12(15)18)13(19)11-4-3-10(5-14)6-16-11/h3-4,6,9H,7-8H2,1-2H3,(H2,15,18). The molecule has 2 amide bonds. The first-order valence-electron chi connectivity index (χ1n) is 5.87. The summed E-state index contributed by atoms with van der Waals surface area (Å²) in [5, 5.41) is 8.67. The van der Waals surface area contributed by atoms with Crippen LogP contribution in [0.4, 0.5) is 0 Å². The lowest BCUT2D eigenvalue weighted by molar-refractivity contribution is -0.118. The number of hydrogen-bond donors (Lipinski definition) is 1. The van der Waals surface area contributed by atoms with E-state index in [-0.39, 0.29) is 24.1 Å². The molecule has 2 N–H and O–H groups in total. The number of primary amides is 1. The minimum Gasteiger partial charge on any atom is -0.368 e. The zero-order chi connectivity index (χ0) is 14.4. The van der Waals surface area contributed by atoms with Gasteiger partial charge >= 0.3 is 0 Å². The maximum absolute atomic E-state index is 12.2. The fourth-order valence-electron chi connectivity index (χ4n) is 1.60. The lowest BCUT2D eigenvalue weighted by Crippen LogP contribution is -2.40. The second kappa shape index (κ2) is 6.50. The van der Waals surface area contributed by atoms with Gasteiger partial charge in [-0.3, -0.25) is 9.59 Å². The van der Waals surface area contributed by atoms with E-state index in [0.29, 0.717) is 12.1 Å². The molecule has 0 radical (unpaired) electrons. The summed E-state index contributed by atoms with van der Waals surface area (Å²) in [6.45, 7) is 4.16. The number of amides is 2. The summed E-state index contributed by atoms with van der Waals surface area (Å²) in [4.78, 5) is 28.5. The van der Waals surface area contributed by atoms with Crippen LogP contribution in [0.1, 0.15) is 29.9 Å². The van der Waals surface area contributed by atoms with Crippen molar-refractivity contribution in [3.63, 3.8) is 0 Å². The van der Waals surface area contributed by atoms with Crippen LogP contribution in [0.15, 0.2) is 18.3 Å². The Morgan fingerprint density at radius 1 is 1.47 bits per heavy atom. The largest absolute Gasteiger partial charge is 0.368 e. The molecule has 1 heterocycles. The fourth-order valence-corrected chi connectivity index (χ4v) is 1.60. The molecule has 1 aromatic heterocycles. The molecule has 0 aliphatic rings. The molecule has 19 heavy (non-hydrogen) atoms. The van der Waals surface area contributed by atoms with E-state index in [1.165, 1.54) is 23.2 Å². The van der Waals surface area contributed by atoms with Crippen LogP contribution in [0.5, 0.6) is 0 Å². The number of pyridine rings is 1. The highest BCUT2D eigenvalue weighted by atomic mass is 16.2. The first-order valence-corrected chi connectivity index (χ1v) is 5.87. The Morgan fingerprint density at radius 3 is 2.58 bits per heavy atom. The Kier molecular flexibility index (Phi) is 5.01. The van der Waals surface area contributed by atoms with Gasteiger partial charge in [0, 0.05) is 12.7 Å². The average molecular weight is 260 g/mol. The summed E-state index contributed by atoms with van der Waals surface area (Å²) in [5.41, 5.74) is 5.71. The highest BCUT2D eigenvalue weighted by molar-refractivity contribution is 5.94. The Morgan fingerprint density at radius 2 is 2.16 bits per heavy atom. The number of rotatable bonds is 5. The molecule has 1 aromatic rings. The van der Waals surface area contributed by atoms with E-state index in [4.69, 9.17) is 11.0 Å². The second-order valence-electron chi connectivity index (χ2n) is 4.59. The number of carbonyl (C=O) groups excluding carboxylic acids is 2. The zero-order valence-electron chi connectivity index (χ0n) is 11.0. The molecule has 0 aliphatic carbocycles. The fraction of sp³-hybridized carbons (Fsp3) is 0.385. The molecule has 0 aromatic carbocycles. The molecule has 0 saturated heterocycles. The van der Waals surface area contributed by atoms with Gasteiger partial charge in [0.2, 0.25) is 5.91 Å². The van der Waals surface area contributed by atoms with Crippen molar-refractivity contribution in [2.24, 2.45) is 11.7 Å². The van der Waals surface area contributed by atoms with Crippen molar-refractivity contribution >= 4 is 11.8 Å². The first kappa shape index (κ1) is 14.6. The van der Waals surface area contributed by atoms with E-state index < -0.39 is 5.91 Å². The van der Waals surface area contributed by atoms with Gasteiger partial charge in [-0.15, -0.1) is 0 Å². The summed E-state index contributed by atoms with van der Waals surface area (Å²) in [7, 11) is 0. The maximum atomic E-state index is 12.2. The summed E-state index contributed by atoms with van der Waals surface area (Å²) in [5.74, 6) is -0.721. The van der Waals surface area contributed by atoms with Crippen molar-refractivity contribution in [1.29, 1.82) is 5.26 Å². The van der Waals surface area contributed by atoms with Crippen molar-refractivity contribution < 1.29 is 9.59 Å². The van der Waals surface area contributed by atoms with Crippen LogP contribution in [-0.4, -0.2) is 34.8 Å². The molecule has 0 saturated carbocycles. The molecule has 0 atom stereocenters. The van der Waals surface area contributed by atoms with E-state index in [2.05, 4.69) is 4.98 Å². The van der Waals surface area contributed by atoms with E-state index in [9.17, 15) is 9.59 Å². The van der Waals surface area contributed by atoms with Crippen LogP contribution < -0.4 is 5.73 Å². The Bertz CT molecular complexity index is 502. The number of hydrogen-bond acceptors (Lipinski definition) is 4. The molecule has 0 spiro atoms. The van der Waals surface area contributed by atoms with Gasteiger partial charge in [0.1, 0.15) is 11.8 Å². The third kappa shape index (κ3) is 4.39. The Labute approximate surface area is 111 Å². The van der Waals surface area contributed by atoms with Crippen LogP contribution in [0, 0.1) is 17.2 Å². The van der Waals surface area contributed by atoms with Gasteiger partial charge in [0.25, 0.3) is 5.91 Å². The van der Waals surface area contributed by atoms with Gasteiger partial charge in [-0.25, -0.2) is 4.98 Å².